The molecule has 0 atom stereocenters. The number of Topliss-reactive ketones (excluding diaryl/α,β-unsaturated/α-hetero) is 1. The van der Waals surface area contributed by atoms with Gasteiger partial charge in [0.15, 0.2) is 0 Å². The van der Waals surface area contributed by atoms with Crippen molar-refractivity contribution in [3.05, 3.63) is 23.8 Å². The second-order valence-corrected chi connectivity index (χ2v) is 9.74. The molecule has 0 aliphatic heterocycles. The SMILES string of the molecule is CCN(C(=O)CCC(C)=O)c1cccc(C(C)(C)C)c1O[SiH](C)C. The van der Waals surface area contributed by atoms with E-state index < -0.39 is 9.04 Å². The van der Waals surface area contributed by atoms with Gasteiger partial charge in [0.1, 0.15) is 11.5 Å². The van der Waals surface area contributed by atoms with Crippen molar-refractivity contribution in [2.75, 3.05) is 11.4 Å². The Kier molecular flexibility index (Phi) is 7.20. The van der Waals surface area contributed by atoms with Gasteiger partial charge in [-0.1, -0.05) is 32.9 Å². The first kappa shape index (κ1) is 20.4. The Bertz CT molecular complexity index is 591. The summed E-state index contributed by atoms with van der Waals surface area (Å²) in [7, 11) is -1.33. The minimum Gasteiger partial charge on any atom is -0.545 e. The summed E-state index contributed by atoms with van der Waals surface area (Å²) in [6.45, 7) is 14.7. The first-order valence-corrected chi connectivity index (χ1v) is 11.5. The van der Waals surface area contributed by atoms with Crippen LogP contribution in [0.25, 0.3) is 0 Å². The highest BCUT2D eigenvalue weighted by molar-refractivity contribution is 6.49. The molecule has 5 heteroatoms. The molecule has 0 bridgehead atoms. The van der Waals surface area contributed by atoms with Crippen LogP contribution >= 0.6 is 0 Å². The summed E-state index contributed by atoms with van der Waals surface area (Å²) in [5.74, 6) is 0.827. The lowest BCUT2D eigenvalue weighted by Crippen LogP contribution is -2.32. The van der Waals surface area contributed by atoms with Crippen molar-refractivity contribution in [1.82, 2.24) is 0 Å². The molecule has 0 heterocycles. The number of nitrogens with zero attached hydrogens (tertiary/aromatic N) is 1. The zero-order valence-electron chi connectivity index (χ0n) is 16.1. The maximum atomic E-state index is 12.6. The summed E-state index contributed by atoms with van der Waals surface area (Å²) in [6.07, 6.45) is 0.519. The van der Waals surface area contributed by atoms with Gasteiger partial charge in [-0.25, -0.2) is 0 Å². The van der Waals surface area contributed by atoms with Crippen molar-refractivity contribution in [2.45, 2.75) is 66.0 Å². The van der Waals surface area contributed by atoms with Gasteiger partial charge < -0.3 is 14.1 Å². The molecular formula is C19H31NO3Si. The zero-order valence-corrected chi connectivity index (χ0v) is 17.3. The van der Waals surface area contributed by atoms with Crippen LogP contribution in [0.1, 0.15) is 53.0 Å². The quantitative estimate of drug-likeness (QED) is 0.697. The Morgan fingerprint density at radius 3 is 2.25 bits per heavy atom. The predicted octanol–water partition coefficient (Wildman–Crippen LogP) is 4.07. The minimum absolute atomic E-state index is 0.0333. The molecule has 0 saturated carbocycles. The Morgan fingerprint density at radius 1 is 1.17 bits per heavy atom. The van der Waals surface area contributed by atoms with Crippen LogP contribution in [-0.4, -0.2) is 27.3 Å². The molecule has 4 nitrogen and oxygen atoms in total. The number of ketones is 1. The van der Waals surface area contributed by atoms with Crippen LogP contribution in [-0.2, 0) is 15.0 Å². The molecule has 0 unspecified atom stereocenters. The molecule has 1 rings (SSSR count). The number of rotatable bonds is 7. The maximum absolute atomic E-state index is 12.6. The van der Waals surface area contributed by atoms with Gasteiger partial charge in [0, 0.05) is 24.9 Å². The molecule has 134 valence electrons. The van der Waals surface area contributed by atoms with Crippen LogP contribution in [0.3, 0.4) is 0 Å². The topological polar surface area (TPSA) is 46.6 Å². The zero-order chi connectivity index (χ0) is 18.5. The van der Waals surface area contributed by atoms with E-state index in [0.29, 0.717) is 6.54 Å². The molecule has 1 aromatic rings. The van der Waals surface area contributed by atoms with Gasteiger partial charge in [-0.2, -0.15) is 0 Å². The van der Waals surface area contributed by atoms with E-state index in [4.69, 9.17) is 4.43 Å². The van der Waals surface area contributed by atoms with E-state index in [2.05, 4.69) is 39.9 Å². The van der Waals surface area contributed by atoms with Gasteiger partial charge in [-0.15, -0.1) is 0 Å². The van der Waals surface area contributed by atoms with E-state index in [9.17, 15) is 9.59 Å². The molecule has 0 aromatic heterocycles. The van der Waals surface area contributed by atoms with Crippen LogP contribution in [0.15, 0.2) is 18.2 Å². The Balaban J connectivity index is 3.33. The van der Waals surface area contributed by atoms with Crippen molar-refractivity contribution < 1.29 is 14.0 Å². The number of hydrogen-bond donors (Lipinski definition) is 0. The molecular weight excluding hydrogens is 318 g/mol. The van der Waals surface area contributed by atoms with Crippen molar-refractivity contribution in [3.63, 3.8) is 0 Å². The fourth-order valence-electron chi connectivity index (χ4n) is 2.59. The average Bonchev–Trinajstić information content (AvgIpc) is 2.45. The first-order valence-electron chi connectivity index (χ1n) is 8.67. The normalized spacial score (nSPS) is 11.5. The summed E-state index contributed by atoms with van der Waals surface area (Å²) in [5, 5.41) is 0. The smallest absolute Gasteiger partial charge is 0.229 e. The number of para-hydroxylation sites is 1. The van der Waals surface area contributed by atoms with Gasteiger partial charge in [-0.05, 0) is 38.4 Å². The predicted molar refractivity (Wildman–Crippen MR) is 103 cm³/mol. The fraction of sp³-hybridized carbons (Fsp3) is 0.579. The van der Waals surface area contributed by atoms with E-state index in [1.54, 1.807) is 4.90 Å². The monoisotopic (exact) mass is 349 g/mol. The summed E-state index contributed by atoms with van der Waals surface area (Å²) in [6, 6.07) is 5.99. The van der Waals surface area contributed by atoms with Crippen molar-refractivity contribution in [1.29, 1.82) is 0 Å². The van der Waals surface area contributed by atoms with Crippen LogP contribution in [0.2, 0.25) is 13.1 Å². The van der Waals surface area contributed by atoms with E-state index in [-0.39, 0.29) is 29.9 Å². The molecule has 0 aliphatic carbocycles. The lowest BCUT2D eigenvalue weighted by atomic mass is 9.86. The van der Waals surface area contributed by atoms with Gasteiger partial charge in [-0.3, -0.25) is 4.79 Å². The van der Waals surface area contributed by atoms with E-state index in [1.807, 2.05) is 19.1 Å². The van der Waals surface area contributed by atoms with Crippen LogP contribution < -0.4 is 9.33 Å². The number of carbonyl (C=O) groups excluding carboxylic acids is 2. The average molecular weight is 350 g/mol. The molecule has 0 radical (unpaired) electrons. The summed E-state index contributed by atoms with van der Waals surface area (Å²) in [5.41, 5.74) is 1.86. The van der Waals surface area contributed by atoms with E-state index in [1.165, 1.54) is 6.92 Å². The van der Waals surface area contributed by atoms with Crippen LogP contribution in [0, 0.1) is 0 Å². The highest BCUT2D eigenvalue weighted by Crippen LogP contribution is 2.39. The third-order valence-electron chi connectivity index (χ3n) is 3.75. The maximum Gasteiger partial charge on any atom is 0.229 e. The highest BCUT2D eigenvalue weighted by Gasteiger charge is 2.26. The second kappa shape index (κ2) is 8.47. The number of amides is 1. The van der Waals surface area contributed by atoms with Gasteiger partial charge in [0.05, 0.1) is 5.69 Å². The Hall–Kier alpha value is -1.62. The third kappa shape index (κ3) is 5.48. The van der Waals surface area contributed by atoms with E-state index >= 15 is 0 Å². The number of hydrogen-bond acceptors (Lipinski definition) is 3. The molecule has 0 spiro atoms. The second-order valence-electron chi connectivity index (χ2n) is 7.41. The van der Waals surface area contributed by atoms with Crippen molar-refractivity contribution in [3.8, 4) is 5.75 Å². The summed E-state index contributed by atoms with van der Waals surface area (Å²) >= 11 is 0. The highest BCUT2D eigenvalue weighted by atomic mass is 28.3. The summed E-state index contributed by atoms with van der Waals surface area (Å²) < 4.78 is 6.24. The molecule has 0 aliphatic rings. The number of carbonyl (C=O) groups is 2. The fourth-order valence-corrected chi connectivity index (χ4v) is 3.31. The lowest BCUT2D eigenvalue weighted by molar-refractivity contribution is -0.123. The third-order valence-corrected chi connectivity index (χ3v) is 4.46. The van der Waals surface area contributed by atoms with E-state index in [0.717, 1.165) is 17.0 Å². The molecule has 24 heavy (non-hydrogen) atoms. The van der Waals surface area contributed by atoms with Crippen LogP contribution in [0.5, 0.6) is 5.75 Å². The van der Waals surface area contributed by atoms with Crippen molar-refractivity contribution in [2.24, 2.45) is 0 Å². The standard InChI is InChI=1S/C19H31NO3Si/c1-8-20(17(22)13-12-14(2)21)16-11-9-10-15(19(3,4)5)18(16)23-24(6)7/h9-11,24H,8,12-13H2,1-7H3. The minimum atomic E-state index is -1.33. The number of benzene rings is 1. The van der Waals surface area contributed by atoms with Gasteiger partial charge >= 0.3 is 0 Å². The molecule has 0 N–H and O–H groups in total. The Labute approximate surface area is 147 Å². The lowest BCUT2D eigenvalue weighted by Gasteiger charge is -2.30. The van der Waals surface area contributed by atoms with Gasteiger partial charge in [0.2, 0.25) is 14.9 Å². The van der Waals surface area contributed by atoms with Crippen LogP contribution in [0.4, 0.5) is 5.69 Å². The molecule has 1 aromatic carbocycles. The van der Waals surface area contributed by atoms with Gasteiger partial charge in [0.25, 0.3) is 0 Å². The number of anilines is 1. The molecule has 1 amide bonds. The van der Waals surface area contributed by atoms with Crippen molar-refractivity contribution >= 4 is 26.4 Å². The molecule has 0 saturated heterocycles. The molecule has 0 fully saturated rings. The largest absolute Gasteiger partial charge is 0.545 e. The Morgan fingerprint density at radius 2 is 1.79 bits per heavy atom. The first-order chi connectivity index (χ1) is 11.1. The summed E-state index contributed by atoms with van der Waals surface area (Å²) in [4.78, 5) is 25.6.